The lowest BCUT2D eigenvalue weighted by atomic mass is 10.1. The van der Waals surface area contributed by atoms with E-state index in [4.69, 9.17) is 0 Å². The normalized spacial score (nSPS) is 20.8. The fourth-order valence-corrected chi connectivity index (χ4v) is 3.49. The Morgan fingerprint density at radius 2 is 2.13 bits per heavy atom. The topological polar surface area (TPSA) is 70.2 Å². The summed E-state index contributed by atoms with van der Waals surface area (Å²) in [5, 5.41) is 9.17. The van der Waals surface area contributed by atoms with E-state index < -0.39 is 0 Å². The molecule has 6 heteroatoms. The Morgan fingerprint density at radius 3 is 2.87 bits per heavy atom. The first-order chi connectivity index (χ1) is 11.2. The number of carbonyl (C=O) groups is 2. The minimum Gasteiger partial charge on any atom is -0.355 e. The van der Waals surface area contributed by atoms with Crippen LogP contribution in [-0.2, 0) is 16.0 Å². The zero-order chi connectivity index (χ0) is 16.5. The van der Waals surface area contributed by atoms with Gasteiger partial charge in [0.15, 0.2) is 0 Å². The van der Waals surface area contributed by atoms with Gasteiger partial charge in [0.2, 0.25) is 11.8 Å². The van der Waals surface area contributed by atoms with Gasteiger partial charge in [-0.1, -0.05) is 43.7 Å². The standard InChI is InChI=1S/C17H25N3O2S/c1-2-6-14-11-15(21)20-17(19-14)23-12-16(22)18-10-9-13-7-4-3-5-8-13/h3-5,7-8,14,17,19H,2,6,9-12H2,1H3,(H,18,22)(H,20,21). The molecule has 1 saturated heterocycles. The van der Waals surface area contributed by atoms with Crippen LogP contribution in [0.15, 0.2) is 30.3 Å². The van der Waals surface area contributed by atoms with Gasteiger partial charge in [-0.05, 0) is 18.4 Å². The predicted octanol–water partition coefficient (Wildman–Crippen LogP) is 1.64. The molecule has 23 heavy (non-hydrogen) atoms. The number of hydrogen-bond acceptors (Lipinski definition) is 4. The third kappa shape index (κ3) is 6.62. The molecular weight excluding hydrogens is 310 g/mol. The summed E-state index contributed by atoms with van der Waals surface area (Å²) in [4.78, 5) is 23.6. The molecule has 1 aromatic carbocycles. The van der Waals surface area contributed by atoms with E-state index in [-0.39, 0.29) is 23.4 Å². The van der Waals surface area contributed by atoms with Gasteiger partial charge in [0.25, 0.3) is 0 Å². The summed E-state index contributed by atoms with van der Waals surface area (Å²) in [5.74, 6) is 0.398. The van der Waals surface area contributed by atoms with Gasteiger partial charge < -0.3 is 10.6 Å². The van der Waals surface area contributed by atoms with E-state index in [1.54, 1.807) is 0 Å². The lowest BCUT2D eigenvalue weighted by molar-refractivity contribution is -0.123. The Morgan fingerprint density at radius 1 is 1.35 bits per heavy atom. The Kier molecular flexibility index (Phi) is 7.42. The number of benzene rings is 1. The average Bonchev–Trinajstić information content (AvgIpc) is 2.54. The van der Waals surface area contributed by atoms with Crippen molar-refractivity contribution >= 4 is 23.6 Å². The predicted molar refractivity (Wildman–Crippen MR) is 94.0 cm³/mol. The van der Waals surface area contributed by atoms with Crippen molar-refractivity contribution in [3.8, 4) is 0 Å². The molecule has 2 amide bonds. The number of rotatable bonds is 8. The molecule has 2 rings (SSSR count). The molecule has 0 spiro atoms. The second-order valence-corrected chi connectivity index (χ2v) is 6.79. The van der Waals surface area contributed by atoms with Gasteiger partial charge in [0.1, 0.15) is 5.50 Å². The highest BCUT2D eigenvalue weighted by Crippen LogP contribution is 2.14. The van der Waals surface area contributed by atoms with Gasteiger partial charge in [-0.2, -0.15) is 0 Å². The maximum atomic E-state index is 11.9. The van der Waals surface area contributed by atoms with Crippen molar-refractivity contribution in [2.24, 2.45) is 0 Å². The highest BCUT2D eigenvalue weighted by atomic mass is 32.2. The third-order valence-corrected chi connectivity index (χ3v) is 4.72. The Balaban J connectivity index is 1.64. The van der Waals surface area contributed by atoms with Gasteiger partial charge in [-0.3, -0.25) is 14.9 Å². The lowest BCUT2D eigenvalue weighted by Crippen LogP contribution is -2.55. The van der Waals surface area contributed by atoms with Crippen LogP contribution in [-0.4, -0.2) is 35.7 Å². The van der Waals surface area contributed by atoms with Gasteiger partial charge in [-0.15, -0.1) is 11.8 Å². The number of thioether (sulfide) groups is 1. The fourth-order valence-electron chi connectivity index (χ4n) is 2.57. The van der Waals surface area contributed by atoms with Crippen LogP contribution >= 0.6 is 11.8 Å². The Hall–Kier alpha value is -1.53. The van der Waals surface area contributed by atoms with E-state index in [9.17, 15) is 9.59 Å². The zero-order valence-corrected chi connectivity index (χ0v) is 14.3. The summed E-state index contributed by atoms with van der Waals surface area (Å²) < 4.78 is 0. The van der Waals surface area contributed by atoms with Crippen LogP contribution in [0.2, 0.25) is 0 Å². The van der Waals surface area contributed by atoms with Gasteiger partial charge in [-0.25, -0.2) is 0 Å². The fraction of sp³-hybridized carbons (Fsp3) is 0.529. The molecule has 0 bridgehead atoms. The monoisotopic (exact) mass is 335 g/mol. The van der Waals surface area contributed by atoms with Gasteiger partial charge in [0.05, 0.1) is 5.75 Å². The van der Waals surface area contributed by atoms with Crippen molar-refractivity contribution in [3.63, 3.8) is 0 Å². The number of nitrogens with one attached hydrogen (secondary N) is 3. The highest BCUT2D eigenvalue weighted by Gasteiger charge is 2.25. The van der Waals surface area contributed by atoms with Gasteiger partial charge >= 0.3 is 0 Å². The summed E-state index contributed by atoms with van der Waals surface area (Å²) in [5.41, 5.74) is 1.04. The van der Waals surface area contributed by atoms with E-state index in [1.165, 1.54) is 17.3 Å². The zero-order valence-electron chi connectivity index (χ0n) is 13.5. The second-order valence-electron chi connectivity index (χ2n) is 5.70. The first kappa shape index (κ1) is 17.8. The van der Waals surface area contributed by atoms with Crippen LogP contribution in [0.5, 0.6) is 0 Å². The summed E-state index contributed by atoms with van der Waals surface area (Å²) in [6.45, 7) is 2.74. The quantitative estimate of drug-likeness (QED) is 0.675. The summed E-state index contributed by atoms with van der Waals surface area (Å²) in [7, 11) is 0. The SMILES string of the molecule is CCCC1CC(=O)NC(SCC(=O)NCCc2ccccc2)N1. The van der Waals surface area contributed by atoms with E-state index in [0.717, 1.165) is 19.3 Å². The minimum absolute atomic E-state index is 0.000375. The van der Waals surface area contributed by atoms with Crippen molar-refractivity contribution in [2.45, 2.75) is 44.1 Å². The molecule has 0 aliphatic carbocycles. The number of amides is 2. The van der Waals surface area contributed by atoms with Crippen molar-refractivity contribution in [1.29, 1.82) is 0 Å². The molecule has 1 aliphatic heterocycles. The summed E-state index contributed by atoms with van der Waals surface area (Å²) in [6.07, 6.45) is 3.37. The molecule has 0 aromatic heterocycles. The maximum Gasteiger partial charge on any atom is 0.230 e. The summed E-state index contributed by atoms with van der Waals surface area (Å²) >= 11 is 1.43. The minimum atomic E-state index is -0.173. The van der Waals surface area contributed by atoms with E-state index >= 15 is 0 Å². The first-order valence-electron chi connectivity index (χ1n) is 8.15. The number of carbonyl (C=O) groups excluding carboxylic acids is 2. The van der Waals surface area contributed by atoms with Crippen LogP contribution in [0.3, 0.4) is 0 Å². The van der Waals surface area contributed by atoms with E-state index in [0.29, 0.717) is 18.7 Å². The molecule has 2 atom stereocenters. The molecule has 126 valence electrons. The highest BCUT2D eigenvalue weighted by molar-refractivity contribution is 8.00. The average molecular weight is 335 g/mol. The maximum absolute atomic E-state index is 11.9. The molecule has 1 fully saturated rings. The molecular formula is C17H25N3O2S. The van der Waals surface area contributed by atoms with Gasteiger partial charge in [0, 0.05) is 19.0 Å². The first-order valence-corrected chi connectivity index (χ1v) is 9.20. The molecule has 1 aliphatic rings. The van der Waals surface area contributed by atoms with Crippen LogP contribution in [0.1, 0.15) is 31.7 Å². The van der Waals surface area contributed by atoms with Crippen molar-refractivity contribution in [1.82, 2.24) is 16.0 Å². The number of hydrogen-bond donors (Lipinski definition) is 3. The largest absolute Gasteiger partial charge is 0.355 e. The molecule has 0 radical (unpaired) electrons. The van der Waals surface area contributed by atoms with Crippen molar-refractivity contribution < 1.29 is 9.59 Å². The van der Waals surface area contributed by atoms with Crippen LogP contribution < -0.4 is 16.0 Å². The Bertz CT molecular complexity index is 510. The molecule has 3 N–H and O–H groups in total. The Labute approximate surface area is 142 Å². The molecule has 2 unspecified atom stereocenters. The van der Waals surface area contributed by atoms with Crippen LogP contribution in [0.25, 0.3) is 0 Å². The smallest absolute Gasteiger partial charge is 0.230 e. The lowest BCUT2D eigenvalue weighted by Gasteiger charge is -2.30. The third-order valence-electron chi connectivity index (χ3n) is 3.71. The molecule has 0 saturated carbocycles. The summed E-state index contributed by atoms with van der Waals surface area (Å²) in [6, 6.07) is 10.3. The van der Waals surface area contributed by atoms with Crippen molar-refractivity contribution in [3.05, 3.63) is 35.9 Å². The molecule has 1 heterocycles. The van der Waals surface area contributed by atoms with Crippen LogP contribution in [0.4, 0.5) is 0 Å². The molecule has 5 nitrogen and oxygen atoms in total. The van der Waals surface area contributed by atoms with E-state index in [2.05, 4.69) is 35.0 Å². The van der Waals surface area contributed by atoms with E-state index in [1.807, 2.05) is 18.2 Å². The van der Waals surface area contributed by atoms with Crippen molar-refractivity contribution in [2.75, 3.05) is 12.3 Å². The van der Waals surface area contributed by atoms with Crippen LogP contribution in [0, 0.1) is 0 Å². The second kappa shape index (κ2) is 9.57. The molecule has 1 aromatic rings.